The Balaban J connectivity index is 0.000000213. The monoisotopic (exact) mass is 409 g/mol. The first-order valence-corrected chi connectivity index (χ1v) is 8.15. The number of carboxylic acid groups (broad SMARTS) is 1. The van der Waals surface area contributed by atoms with Crippen molar-refractivity contribution in [3.63, 3.8) is 0 Å². The third-order valence-electron chi connectivity index (χ3n) is 3.65. The fourth-order valence-electron chi connectivity index (χ4n) is 2.10. The molecule has 0 fully saturated rings. The Morgan fingerprint density at radius 2 is 1.97 bits per heavy atom. The van der Waals surface area contributed by atoms with Crippen LogP contribution in [-0.4, -0.2) is 82.1 Å². The van der Waals surface area contributed by atoms with Gasteiger partial charge in [-0.3, -0.25) is 0 Å². The predicted octanol–water partition coefficient (Wildman–Crippen LogP) is -1.78. The molecular weight excluding hydrogens is 390 g/mol. The lowest BCUT2D eigenvalue weighted by atomic mass is 10.0. The average molecular weight is 409 g/mol. The van der Waals surface area contributed by atoms with Crippen molar-refractivity contribution < 1.29 is 39.5 Å². The second-order valence-corrected chi connectivity index (χ2v) is 5.65. The molecule has 2 aliphatic heterocycles. The van der Waals surface area contributed by atoms with E-state index in [4.69, 9.17) is 29.9 Å². The number of aliphatic carboxylic acids is 1. The van der Waals surface area contributed by atoms with Crippen molar-refractivity contribution in [3.8, 4) is 11.5 Å². The highest BCUT2D eigenvalue weighted by Gasteiger charge is 2.34. The van der Waals surface area contributed by atoms with Crippen molar-refractivity contribution >= 4 is 18.1 Å². The van der Waals surface area contributed by atoms with Crippen LogP contribution in [-0.2, 0) is 16.1 Å². The van der Waals surface area contributed by atoms with Gasteiger partial charge in [0.05, 0.1) is 19.1 Å². The summed E-state index contributed by atoms with van der Waals surface area (Å²) in [7, 11) is 0. The molecule has 0 radical (unpaired) electrons. The topological polar surface area (TPSA) is 215 Å². The van der Waals surface area contributed by atoms with E-state index in [1.54, 1.807) is 12.6 Å². The molecule has 0 bridgehead atoms. The smallest absolute Gasteiger partial charge is 0.335 e. The van der Waals surface area contributed by atoms with E-state index in [2.05, 4.69) is 25.3 Å². The molecule has 0 unspecified atom stereocenters. The number of rotatable bonds is 8. The van der Waals surface area contributed by atoms with Gasteiger partial charge in [-0.05, 0) is 12.1 Å². The van der Waals surface area contributed by atoms with Gasteiger partial charge in [-0.1, -0.05) is 0 Å². The number of imidazole rings is 1. The summed E-state index contributed by atoms with van der Waals surface area (Å²) in [5.41, 5.74) is 0.731. The van der Waals surface area contributed by atoms with Gasteiger partial charge in [-0.15, -0.1) is 0 Å². The lowest BCUT2D eigenvalue weighted by Gasteiger charge is -2.21. The summed E-state index contributed by atoms with van der Waals surface area (Å²) in [6, 6.07) is 3.76. The van der Waals surface area contributed by atoms with Crippen LogP contribution in [0.2, 0.25) is 0 Å². The van der Waals surface area contributed by atoms with E-state index in [-0.39, 0.29) is 6.29 Å². The van der Waals surface area contributed by atoms with Crippen LogP contribution in [0.15, 0.2) is 35.5 Å². The minimum Gasteiger partial charge on any atom is -0.479 e. The molecule has 7 N–H and O–H groups in total. The second kappa shape index (κ2) is 10.2. The predicted molar refractivity (Wildman–Crippen MR) is 94.6 cm³/mol. The summed E-state index contributed by atoms with van der Waals surface area (Å²) in [5.74, 6) is 0.516. The van der Waals surface area contributed by atoms with E-state index in [9.17, 15) is 9.59 Å². The quantitative estimate of drug-likeness (QED) is 0.206. The maximum atomic E-state index is 10.1. The van der Waals surface area contributed by atoms with Gasteiger partial charge in [-0.2, -0.15) is 0 Å². The number of carbonyl (C=O) groups excluding carboxylic acids is 1. The molecule has 0 spiro atoms. The van der Waals surface area contributed by atoms with E-state index >= 15 is 0 Å². The van der Waals surface area contributed by atoms with Crippen LogP contribution in [0.3, 0.4) is 0 Å². The molecule has 1 aromatic rings. The lowest BCUT2D eigenvalue weighted by Crippen LogP contribution is -2.48. The summed E-state index contributed by atoms with van der Waals surface area (Å²) in [6.45, 7) is 0.593. The first-order valence-electron chi connectivity index (χ1n) is 8.15. The number of aromatic amines is 1. The van der Waals surface area contributed by atoms with E-state index in [1.165, 1.54) is 6.33 Å². The van der Waals surface area contributed by atoms with Gasteiger partial charge in [0.2, 0.25) is 0 Å². The number of aliphatic hydroxyl groups excluding tert-OH is 4. The number of H-pyrrole nitrogens is 1. The molecule has 3 heterocycles. The molecule has 0 amide bonds. The van der Waals surface area contributed by atoms with Crippen LogP contribution in [0.1, 0.15) is 5.76 Å². The average Bonchev–Trinajstić information content (AvgIpc) is 3.42. The third kappa shape index (κ3) is 5.79. The fourth-order valence-corrected chi connectivity index (χ4v) is 2.10. The molecule has 0 aromatic carbocycles. The maximum absolute atomic E-state index is 10.1. The molecule has 1 aromatic heterocycles. The Morgan fingerprint density at radius 3 is 2.59 bits per heavy atom. The Labute approximate surface area is 163 Å². The van der Waals surface area contributed by atoms with Gasteiger partial charge < -0.3 is 45.0 Å². The third-order valence-corrected chi connectivity index (χ3v) is 3.65. The minimum atomic E-state index is -2.25. The van der Waals surface area contributed by atoms with Gasteiger partial charge in [0.1, 0.15) is 41.9 Å². The number of furan rings is 1. The van der Waals surface area contributed by atoms with Crippen molar-refractivity contribution in [2.24, 2.45) is 0 Å². The number of fused-ring (bicyclic) bond motifs is 1. The van der Waals surface area contributed by atoms with Gasteiger partial charge in [0.25, 0.3) is 0 Å². The van der Waals surface area contributed by atoms with E-state index in [0.29, 0.717) is 12.4 Å². The number of hydrogen-bond donors (Lipinski definition) is 7. The van der Waals surface area contributed by atoms with Crippen molar-refractivity contribution in [3.05, 3.63) is 36.8 Å². The van der Waals surface area contributed by atoms with Gasteiger partial charge in [0, 0.05) is 0 Å². The Hall–Kier alpha value is -3.39. The largest absolute Gasteiger partial charge is 0.479 e. The number of nitrogens with zero attached hydrogens (tertiary/aromatic N) is 3. The van der Waals surface area contributed by atoms with Crippen LogP contribution in [0, 0.1) is 0 Å². The zero-order valence-corrected chi connectivity index (χ0v) is 14.8. The van der Waals surface area contributed by atoms with Crippen LogP contribution < -0.4 is 5.32 Å². The second-order valence-electron chi connectivity index (χ2n) is 5.65. The first-order chi connectivity index (χ1) is 13.8. The minimum absolute atomic E-state index is 0.0809. The molecule has 0 saturated heterocycles. The number of anilines is 1. The number of carbonyl (C=O) groups is 2. The normalized spacial score (nSPS) is 14.9. The molecule has 2 aliphatic rings. The summed E-state index contributed by atoms with van der Waals surface area (Å²) in [6.07, 6.45) is -3.67. The molecule has 0 saturated carbocycles. The molecule has 4 atom stereocenters. The maximum Gasteiger partial charge on any atom is 0.335 e. The summed E-state index contributed by atoms with van der Waals surface area (Å²) >= 11 is 0. The van der Waals surface area contributed by atoms with Crippen molar-refractivity contribution in [1.82, 2.24) is 19.9 Å². The highest BCUT2D eigenvalue weighted by molar-refractivity contribution is 5.73. The van der Waals surface area contributed by atoms with Crippen molar-refractivity contribution in [1.29, 1.82) is 0 Å². The molecule has 3 rings (SSSR count). The van der Waals surface area contributed by atoms with E-state index in [0.717, 1.165) is 17.3 Å². The number of aldehydes is 1. The van der Waals surface area contributed by atoms with Gasteiger partial charge in [0.15, 0.2) is 18.2 Å². The van der Waals surface area contributed by atoms with Crippen molar-refractivity contribution in [2.75, 3.05) is 5.32 Å². The van der Waals surface area contributed by atoms with E-state index < -0.39 is 30.4 Å². The van der Waals surface area contributed by atoms with Crippen LogP contribution in [0.25, 0.3) is 11.5 Å². The molecule has 0 aliphatic carbocycles. The summed E-state index contributed by atoms with van der Waals surface area (Å²) in [5, 5.41) is 46.4. The highest BCUT2D eigenvalue weighted by Crippen LogP contribution is 2.21. The standard InChI is InChI=1S/C10H9N5O.C6H10O7/c1-2-7(16-3-1)4-11-9-8-10(13-5-12-8)15-6-14-9;7-1-2(8)3(9)4(10)5(11)6(12)13/h1-3,5-6H,4H2,(H2,11,12,13,14,15);1-5,8-11H,(H,12,13)/t;2-,3+,4-,5-/m.0/s1. The Bertz CT molecular complexity index is 870. The Kier molecular flexibility index (Phi) is 7.73. The van der Waals surface area contributed by atoms with Crippen LogP contribution in [0.5, 0.6) is 0 Å². The number of nitrogens with one attached hydrogen (secondary N) is 2. The summed E-state index contributed by atoms with van der Waals surface area (Å²) in [4.78, 5) is 35.1. The zero-order valence-electron chi connectivity index (χ0n) is 14.8. The molecule has 29 heavy (non-hydrogen) atoms. The van der Waals surface area contributed by atoms with Crippen molar-refractivity contribution in [2.45, 2.75) is 31.0 Å². The molecule has 156 valence electrons. The van der Waals surface area contributed by atoms with Crippen LogP contribution in [0.4, 0.5) is 5.82 Å². The molecule has 13 heteroatoms. The number of aliphatic hydroxyl groups is 4. The SMILES string of the molecule is O=C[C@H](O)[C@@H](O)[C@H](O)[C@H](O)C(=O)O.c1coc(CNc2[nH]cnc3ncnc2-3)c1. The summed E-state index contributed by atoms with van der Waals surface area (Å²) < 4.78 is 5.22. The zero-order chi connectivity index (χ0) is 21.4. The highest BCUT2D eigenvalue weighted by atomic mass is 16.4. The number of carboxylic acids is 1. The van der Waals surface area contributed by atoms with Gasteiger partial charge >= 0.3 is 5.97 Å². The van der Waals surface area contributed by atoms with Crippen LogP contribution >= 0.6 is 0 Å². The Morgan fingerprint density at radius 1 is 1.21 bits per heavy atom. The molecule has 13 nitrogen and oxygen atoms in total. The van der Waals surface area contributed by atoms with Gasteiger partial charge in [-0.25, -0.2) is 19.7 Å². The first kappa shape index (κ1) is 21.9. The lowest BCUT2D eigenvalue weighted by molar-refractivity contribution is -0.163. The van der Waals surface area contributed by atoms with E-state index in [1.807, 2.05) is 12.1 Å². The fraction of sp³-hybridized carbons (Fsp3) is 0.312. The number of aromatic nitrogens is 4. The molecular formula is C16H19N5O8. The number of hydrogen-bond acceptors (Lipinski definition) is 11.